The monoisotopic (exact) mass is 584 g/mol. The van der Waals surface area contributed by atoms with Crippen LogP contribution in [0.4, 0.5) is 5.69 Å². The predicted molar refractivity (Wildman–Crippen MR) is 165 cm³/mol. The molecule has 0 aliphatic carbocycles. The summed E-state index contributed by atoms with van der Waals surface area (Å²) in [6.07, 6.45) is 29.5. The van der Waals surface area contributed by atoms with Crippen LogP contribution in [0.5, 0.6) is 0 Å². The van der Waals surface area contributed by atoms with Gasteiger partial charge in [0.25, 0.3) is 0 Å². The van der Waals surface area contributed by atoms with Crippen molar-refractivity contribution in [2.75, 3.05) is 18.0 Å². The highest BCUT2D eigenvalue weighted by atomic mass is 79.9. The van der Waals surface area contributed by atoms with Crippen LogP contribution in [0.1, 0.15) is 135 Å². The van der Waals surface area contributed by atoms with Crippen LogP contribution in [0.2, 0.25) is 0 Å². The fourth-order valence-electron chi connectivity index (χ4n) is 5.33. The Labute approximate surface area is 246 Å². The average Bonchev–Trinajstić information content (AvgIpc) is 2.93. The first-order valence-electron chi connectivity index (χ1n) is 15.8. The lowest BCUT2D eigenvalue weighted by atomic mass is 10.0. The molecular formula is C35H57BrN2. The fraction of sp³-hybridized carbons (Fsp3) is 0.629. The van der Waals surface area contributed by atoms with Crippen LogP contribution < -0.4 is 26.4 Å². The highest BCUT2D eigenvalue weighted by molar-refractivity contribution is 5.73. The van der Waals surface area contributed by atoms with Crippen molar-refractivity contribution in [3.63, 3.8) is 0 Å². The summed E-state index contributed by atoms with van der Waals surface area (Å²) < 4.78 is 2.47. The Hall–Kier alpha value is -1.61. The van der Waals surface area contributed by atoms with Gasteiger partial charge < -0.3 is 21.9 Å². The molecule has 0 unspecified atom stereocenters. The summed E-state index contributed by atoms with van der Waals surface area (Å²) in [7, 11) is 0. The van der Waals surface area contributed by atoms with E-state index in [9.17, 15) is 0 Å². The second-order valence-corrected chi connectivity index (χ2v) is 10.7. The third-order valence-corrected chi connectivity index (χ3v) is 7.68. The smallest absolute Gasteiger partial charge is 0.228 e. The van der Waals surface area contributed by atoms with Crippen LogP contribution in [0.15, 0.2) is 48.7 Å². The maximum absolute atomic E-state index is 2.47. The predicted octanol–water partition coefficient (Wildman–Crippen LogP) is 7.26. The molecular weight excluding hydrogens is 528 g/mol. The minimum atomic E-state index is 0. The van der Waals surface area contributed by atoms with Crippen molar-refractivity contribution in [3.05, 3.63) is 59.9 Å². The Morgan fingerprint density at radius 3 is 1.58 bits per heavy atom. The number of aromatic nitrogens is 1. The second-order valence-electron chi connectivity index (χ2n) is 10.7. The summed E-state index contributed by atoms with van der Waals surface area (Å²) in [4.78, 5) is 2.47. The summed E-state index contributed by atoms with van der Waals surface area (Å²) >= 11 is 0. The lowest BCUT2D eigenvalue weighted by molar-refractivity contribution is -0.698. The summed E-state index contributed by atoms with van der Waals surface area (Å²) in [5.74, 6) is 0. The number of halogens is 1. The van der Waals surface area contributed by atoms with Gasteiger partial charge in [-0.3, -0.25) is 0 Å². The molecule has 2 nitrogen and oxygen atoms in total. The fourth-order valence-corrected chi connectivity index (χ4v) is 5.33. The van der Waals surface area contributed by atoms with E-state index in [1.807, 2.05) is 0 Å². The van der Waals surface area contributed by atoms with Gasteiger partial charge >= 0.3 is 0 Å². The van der Waals surface area contributed by atoms with E-state index in [1.54, 1.807) is 0 Å². The Bertz CT molecular complexity index is 829. The molecule has 0 fully saturated rings. The summed E-state index contributed by atoms with van der Waals surface area (Å²) in [5, 5.41) is 0. The van der Waals surface area contributed by atoms with Gasteiger partial charge in [0.1, 0.15) is 12.2 Å². The molecule has 38 heavy (non-hydrogen) atoms. The second kappa shape index (κ2) is 23.3. The van der Waals surface area contributed by atoms with E-state index in [0.29, 0.717) is 0 Å². The number of benzene rings is 1. The zero-order chi connectivity index (χ0) is 26.4. The number of aryl methyl sites for hydroxylation is 1. The molecule has 214 valence electrons. The van der Waals surface area contributed by atoms with E-state index >= 15 is 0 Å². The minimum Gasteiger partial charge on any atom is -1.00 e. The van der Waals surface area contributed by atoms with Crippen molar-refractivity contribution in [2.45, 2.75) is 130 Å². The first-order valence-corrected chi connectivity index (χ1v) is 15.8. The molecule has 1 aromatic carbocycles. The molecule has 0 atom stereocenters. The van der Waals surface area contributed by atoms with Gasteiger partial charge in [0.15, 0.2) is 6.20 Å². The van der Waals surface area contributed by atoms with Crippen molar-refractivity contribution in [3.8, 4) is 0 Å². The van der Waals surface area contributed by atoms with Crippen molar-refractivity contribution in [2.24, 2.45) is 0 Å². The molecule has 2 aromatic rings. The Morgan fingerprint density at radius 2 is 1.08 bits per heavy atom. The number of pyridine rings is 1. The standard InChI is InChI=1S/C35H57N2.BrH/c1-4-7-8-9-10-11-12-13-14-15-16-17-18-19-20-24-31-37-32-25-28-34(36(5-2)6-3)35(37)30-29-33-26-22-21-23-27-33;/h21-23,25-30,32H,4-20,24,31H2,1-3H3;1H/q+1;/p-1. The molecule has 0 aliphatic rings. The van der Waals surface area contributed by atoms with Gasteiger partial charge in [-0.15, -0.1) is 0 Å². The van der Waals surface area contributed by atoms with E-state index in [-0.39, 0.29) is 17.0 Å². The van der Waals surface area contributed by atoms with E-state index in [0.717, 1.165) is 19.6 Å². The SMILES string of the molecule is CCCCCCCCCCCCCCCCCC[n+]1cccc(N(CC)CC)c1C=Cc1ccccc1.[Br-]. The van der Waals surface area contributed by atoms with Crippen LogP contribution >= 0.6 is 0 Å². The van der Waals surface area contributed by atoms with Crippen LogP contribution in [-0.2, 0) is 6.54 Å². The Morgan fingerprint density at radius 1 is 0.579 bits per heavy atom. The van der Waals surface area contributed by atoms with Gasteiger partial charge in [-0.1, -0.05) is 127 Å². The summed E-state index contributed by atoms with van der Waals surface area (Å²) in [6.45, 7) is 9.97. The van der Waals surface area contributed by atoms with E-state index in [4.69, 9.17) is 0 Å². The van der Waals surface area contributed by atoms with Crippen molar-refractivity contribution < 1.29 is 21.5 Å². The molecule has 0 amide bonds. The summed E-state index contributed by atoms with van der Waals surface area (Å²) in [6, 6.07) is 15.2. The Balaban J connectivity index is 0.00000722. The van der Waals surface area contributed by atoms with Gasteiger partial charge in [0, 0.05) is 31.7 Å². The Kier molecular flexibility index (Phi) is 21.1. The van der Waals surface area contributed by atoms with Gasteiger partial charge in [-0.25, -0.2) is 0 Å². The molecule has 0 saturated heterocycles. The van der Waals surface area contributed by atoms with E-state index in [2.05, 4.69) is 91.1 Å². The van der Waals surface area contributed by atoms with Gasteiger partial charge in [-0.2, -0.15) is 4.57 Å². The van der Waals surface area contributed by atoms with E-state index in [1.165, 1.54) is 120 Å². The molecule has 1 aromatic heterocycles. The number of hydrogen-bond donors (Lipinski definition) is 0. The van der Waals surface area contributed by atoms with Gasteiger partial charge in [0.2, 0.25) is 5.69 Å². The maximum atomic E-state index is 2.47. The number of hydrogen-bond acceptors (Lipinski definition) is 1. The number of unbranched alkanes of at least 4 members (excludes halogenated alkanes) is 15. The highest BCUT2D eigenvalue weighted by Gasteiger charge is 2.17. The normalized spacial score (nSPS) is 11.1. The van der Waals surface area contributed by atoms with Crippen molar-refractivity contribution in [1.82, 2.24) is 0 Å². The minimum absolute atomic E-state index is 0. The molecule has 0 aliphatic heterocycles. The van der Waals surface area contributed by atoms with Crippen LogP contribution in [-0.4, -0.2) is 13.1 Å². The van der Waals surface area contributed by atoms with E-state index < -0.39 is 0 Å². The number of rotatable bonds is 22. The zero-order valence-electron chi connectivity index (χ0n) is 25.0. The molecule has 0 bridgehead atoms. The van der Waals surface area contributed by atoms with Gasteiger partial charge in [0.05, 0.1) is 0 Å². The lowest BCUT2D eigenvalue weighted by Gasteiger charge is -2.21. The van der Waals surface area contributed by atoms with Crippen LogP contribution in [0.25, 0.3) is 12.2 Å². The lowest BCUT2D eigenvalue weighted by Crippen LogP contribution is -3.00. The van der Waals surface area contributed by atoms with Crippen molar-refractivity contribution in [1.29, 1.82) is 0 Å². The molecule has 1 heterocycles. The highest BCUT2D eigenvalue weighted by Crippen LogP contribution is 2.20. The first-order chi connectivity index (χ1) is 18.3. The molecule has 0 radical (unpaired) electrons. The molecule has 0 N–H and O–H groups in total. The zero-order valence-corrected chi connectivity index (χ0v) is 26.6. The van der Waals surface area contributed by atoms with Gasteiger partial charge in [-0.05, 0) is 38.0 Å². The maximum Gasteiger partial charge on any atom is 0.228 e. The van der Waals surface area contributed by atoms with Crippen molar-refractivity contribution >= 4 is 17.8 Å². The quantitative estimate of drug-likeness (QED) is 0.104. The number of nitrogens with zero attached hydrogens (tertiary/aromatic N) is 2. The largest absolute Gasteiger partial charge is 1.00 e. The molecule has 0 saturated carbocycles. The molecule has 3 heteroatoms. The first kappa shape index (κ1) is 34.4. The summed E-state index contributed by atoms with van der Waals surface area (Å²) in [5.41, 5.74) is 3.93. The number of anilines is 1. The topological polar surface area (TPSA) is 7.12 Å². The van der Waals surface area contributed by atoms with Crippen LogP contribution in [0.3, 0.4) is 0 Å². The molecule has 2 rings (SSSR count). The third-order valence-electron chi connectivity index (χ3n) is 7.68. The van der Waals surface area contributed by atoms with Crippen LogP contribution in [0, 0.1) is 0 Å². The third kappa shape index (κ3) is 14.5. The average molecular weight is 586 g/mol. The molecule has 0 spiro atoms.